The summed E-state index contributed by atoms with van der Waals surface area (Å²) in [7, 11) is 0. The van der Waals surface area contributed by atoms with Crippen molar-refractivity contribution in [3.63, 3.8) is 0 Å². The maximum atomic E-state index is 13.0. The molecule has 4 rings (SSSR count). The molecule has 7 nitrogen and oxygen atoms in total. The Morgan fingerprint density at radius 2 is 1.93 bits per heavy atom. The third-order valence-corrected chi connectivity index (χ3v) is 5.75. The number of oxazole rings is 1. The first-order chi connectivity index (χ1) is 13.7. The van der Waals surface area contributed by atoms with Crippen LogP contribution in [0.5, 0.6) is 0 Å². The number of anilines is 1. The third-order valence-electron chi connectivity index (χ3n) is 5.75. The number of ether oxygens (including phenoxy) is 1. The summed E-state index contributed by atoms with van der Waals surface area (Å²) in [4.78, 5) is 33.5. The Kier molecular flexibility index (Phi) is 5.50. The Labute approximate surface area is 164 Å². The average molecular weight is 385 g/mol. The van der Waals surface area contributed by atoms with Crippen LogP contribution in [0.15, 0.2) is 28.7 Å². The van der Waals surface area contributed by atoms with Gasteiger partial charge in [-0.15, -0.1) is 0 Å². The highest BCUT2D eigenvalue weighted by Gasteiger charge is 2.34. The fraction of sp³-hybridized carbons (Fsp3) is 0.571. The highest BCUT2D eigenvalue weighted by molar-refractivity contribution is 5.81. The normalized spacial score (nSPS) is 21.1. The number of amides is 1. The van der Waals surface area contributed by atoms with Crippen molar-refractivity contribution in [2.24, 2.45) is 11.8 Å². The minimum Gasteiger partial charge on any atom is -0.466 e. The van der Waals surface area contributed by atoms with Crippen LogP contribution >= 0.6 is 0 Å². The van der Waals surface area contributed by atoms with E-state index in [0.717, 1.165) is 56.4 Å². The second-order valence-electron chi connectivity index (χ2n) is 7.60. The molecule has 0 radical (unpaired) electrons. The van der Waals surface area contributed by atoms with Crippen molar-refractivity contribution in [2.45, 2.75) is 32.6 Å². The maximum absolute atomic E-state index is 13.0. The van der Waals surface area contributed by atoms with Crippen molar-refractivity contribution in [3.8, 4) is 0 Å². The molecule has 1 atom stereocenters. The number of piperidine rings is 2. The molecular formula is C21H27N3O4. The SMILES string of the molecule is CCOC(=O)C1CCCN(C(=O)C2CCN(c3nc4ccccc4o3)CC2)C1. The smallest absolute Gasteiger partial charge is 0.310 e. The summed E-state index contributed by atoms with van der Waals surface area (Å²) < 4.78 is 11.0. The fourth-order valence-electron chi connectivity index (χ4n) is 4.20. The van der Waals surface area contributed by atoms with E-state index in [4.69, 9.17) is 9.15 Å². The van der Waals surface area contributed by atoms with Crippen molar-refractivity contribution in [1.29, 1.82) is 0 Å². The van der Waals surface area contributed by atoms with Crippen LogP contribution in [0.3, 0.4) is 0 Å². The molecule has 0 bridgehead atoms. The van der Waals surface area contributed by atoms with Crippen LogP contribution < -0.4 is 4.90 Å². The molecule has 0 spiro atoms. The number of rotatable bonds is 4. The number of hydrogen-bond acceptors (Lipinski definition) is 6. The van der Waals surface area contributed by atoms with Crippen molar-refractivity contribution >= 4 is 29.0 Å². The monoisotopic (exact) mass is 385 g/mol. The Hall–Kier alpha value is -2.57. The highest BCUT2D eigenvalue weighted by atomic mass is 16.5. The molecule has 3 heterocycles. The lowest BCUT2D eigenvalue weighted by atomic mass is 9.92. The van der Waals surface area contributed by atoms with Crippen molar-refractivity contribution < 1.29 is 18.7 Å². The molecule has 150 valence electrons. The molecule has 2 aromatic rings. The van der Waals surface area contributed by atoms with Gasteiger partial charge < -0.3 is 19.0 Å². The molecule has 2 aliphatic heterocycles. The van der Waals surface area contributed by atoms with Gasteiger partial charge in [0.15, 0.2) is 5.58 Å². The number of carbonyl (C=O) groups excluding carboxylic acids is 2. The number of carbonyl (C=O) groups is 2. The van der Waals surface area contributed by atoms with Crippen molar-refractivity contribution in [2.75, 3.05) is 37.7 Å². The third kappa shape index (κ3) is 3.84. The topological polar surface area (TPSA) is 75.9 Å². The predicted molar refractivity (Wildman–Crippen MR) is 105 cm³/mol. The highest BCUT2D eigenvalue weighted by Crippen LogP contribution is 2.28. The van der Waals surface area contributed by atoms with Gasteiger partial charge in [-0.05, 0) is 44.7 Å². The first kappa shape index (κ1) is 18.8. The molecule has 1 amide bonds. The minimum absolute atomic E-state index is 0.00146. The van der Waals surface area contributed by atoms with E-state index in [-0.39, 0.29) is 23.7 Å². The first-order valence-corrected chi connectivity index (χ1v) is 10.2. The van der Waals surface area contributed by atoms with Crippen LogP contribution in [-0.4, -0.2) is 54.5 Å². The number of benzene rings is 1. The molecule has 1 aromatic carbocycles. The molecule has 1 unspecified atom stereocenters. The Balaban J connectivity index is 1.34. The van der Waals surface area contributed by atoms with E-state index in [0.29, 0.717) is 19.2 Å². The van der Waals surface area contributed by atoms with Gasteiger partial charge in [-0.1, -0.05) is 12.1 Å². The zero-order valence-electron chi connectivity index (χ0n) is 16.3. The number of para-hydroxylation sites is 2. The van der Waals surface area contributed by atoms with Gasteiger partial charge >= 0.3 is 5.97 Å². The molecular weight excluding hydrogens is 358 g/mol. The zero-order chi connectivity index (χ0) is 19.5. The molecule has 0 saturated carbocycles. The van der Waals surface area contributed by atoms with Gasteiger partial charge in [0.05, 0.1) is 12.5 Å². The van der Waals surface area contributed by atoms with Crippen LogP contribution in [0, 0.1) is 11.8 Å². The second kappa shape index (κ2) is 8.20. The molecule has 2 aliphatic rings. The van der Waals surface area contributed by atoms with E-state index in [1.807, 2.05) is 36.1 Å². The van der Waals surface area contributed by atoms with Gasteiger partial charge in [0, 0.05) is 32.1 Å². The van der Waals surface area contributed by atoms with Gasteiger partial charge in [-0.25, -0.2) is 0 Å². The molecule has 2 fully saturated rings. The molecule has 1 aromatic heterocycles. The molecule has 2 saturated heterocycles. The van der Waals surface area contributed by atoms with Gasteiger partial charge in [0.25, 0.3) is 6.01 Å². The van der Waals surface area contributed by atoms with Gasteiger partial charge in [0.1, 0.15) is 5.52 Å². The summed E-state index contributed by atoms with van der Waals surface area (Å²) in [5, 5.41) is 0. The Bertz CT molecular complexity index is 808. The van der Waals surface area contributed by atoms with Crippen molar-refractivity contribution in [3.05, 3.63) is 24.3 Å². The van der Waals surface area contributed by atoms with Crippen molar-refractivity contribution in [1.82, 2.24) is 9.88 Å². The van der Waals surface area contributed by atoms with E-state index in [9.17, 15) is 9.59 Å². The number of esters is 1. The van der Waals surface area contributed by atoms with Crippen LogP contribution in [0.25, 0.3) is 11.1 Å². The molecule has 0 N–H and O–H groups in total. The standard InChI is InChI=1S/C21H27N3O4/c1-2-27-20(26)16-6-5-11-24(14-16)19(25)15-9-12-23(13-10-15)21-22-17-7-3-4-8-18(17)28-21/h3-4,7-8,15-16H,2,5-6,9-14H2,1H3. The van der Waals surface area contributed by atoms with Gasteiger partial charge in [0.2, 0.25) is 5.91 Å². The fourth-order valence-corrected chi connectivity index (χ4v) is 4.20. The quantitative estimate of drug-likeness (QED) is 0.754. The van der Waals surface area contributed by atoms with Crippen LogP contribution in [-0.2, 0) is 14.3 Å². The Morgan fingerprint density at radius 3 is 2.68 bits per heavy atom. The summed E-state index contributed by atoms with van der Waals surface area (Å²) in [6.07, 6.45) is 3.21. The number of nitrogens with zero attached hydrogens (tertiary/aromatic N) is 3. The molecule has 7 heteroatoms. The van der Waals surface area contributed by atoms with E-state index in [1.165, 1.54) is 0 Å². The van der Waals surface area contributed by atoms with E-state index >= 15 is 0 Å². The lowest BCUT2D eigenvalue weighted by Gasteiger charge is -2.36. The summed E-state index contributed by atoms with van der Waals surface area (Å²) in [5.74, 6) is -0.184. The number of aromatic nitrogens is 1. The largest absolute Gasteiger partial charge is 0.466 e. The molecule has 0 aliphatic carbocycles. The van der Waals surface area contributed by atoms with Crippen LogP contribution in [0.4, 0.5) is 6.01 Å². The maximum Gasteiger partial charge on any atom is 0.310 e. The second-order valence-corrected chi connectivity index (χ2v) is 7.60. The van der Waals surface area contributed by atoms with E-state index in [1.54, 1.807) is 0 Å². The van der Waals surface area contributed by atoms with Gasteiger partial charge in [-0.2, -0.15) is 4.98 Å². The first-order valence-electron chi connectivity index (χ1n) is 10.2. The van der Waals surface area contributed by atoms with Crippen LogP contribution in [0.1, 0.15) is 32.6 Å². The number of hydrogen-bond donors (Lipinski definition) is 0. The minimum atomic E-state index is -0.183. The number of fused-ring (bicyclic) bond motifs is 1. The number of likely N-dealkylation sites (tertiary alicyclic amines) is 1. The predicted octanol–water partition coefficient (Wildman–Crippen LogP) is 2.85. The summed E-state index contributed by atoms with van der Waals surface area (Å²) >= 11 is 0. The molecule has 28 heavy (non-hydrogen) atoms. The zero-order valence-corrected chi connectivity index (χ0v) is 16.3. The van der Waals surface area contributed by atoms with Gasteiger partial charge in [-0.3, -0.25) is 9.59 Å². The summed E-state index contributed by atoms with van der Waals surface area (Å²) in [6.45, 7) is 4.92. The summed E-state index contributed by atoms with van der Waals surface area (Å²) in [6, 6.07) is 8.37. The van der Waals surface area contributed by atoms with Crippen LogP contribution in [0.2, 0.25) is 0 Å². The average Bonchev–Trinajstić information content (AvgIpc) is 3.18. The lowest BCUT2D eigenvalue weighted by Crippen LogP contribution is -2.47. The summed E-state index contributed by atoms with van der Waals surface area (Å²) in [5.41, 5.74) is 1.64. The van der Waals surface area contributed by atoms with E-state index in [2.05, 4.69) is 9.88 Å². The van der Waals surface area contributed by atoms with E-state index < -0.39 is 0 Å². The Morgan fingerprint density at radius 1 is 1.14 bits per heavy atom. The lowest BCUT2D eigenvalue weighted by molar-refractivity contribution is -0.152.